The summed E-state index contributed by atoms with van der Waals surface area (Å²) in [7, 11) is -6.36. The van der Waals surface area contributed by atoms with Crippen LogP contribution < -0.4 is 0 Å². The number of unbranched alkanes of at least 4 members (excludes halogenated alkanes) is 14. The van der Waals surface area contributed by atoms with Crippen molar-refractivity contribution < 1.29 is 27.7 Å². The highest BCUT2D eigenvalue weighted by molar-refractivity contribution is 6.55. The van der Waals surface area contributed by atoms with Crippen LogP contribution >= 0.6 is 0 Å². The molecule has 0 atom stereocenters. The molecule has 0 heterocycles. The summed E-state index contributed by atoms with van der Waals surface area (Å²) in [5.41, 5.74) is 0. The fourth-order valence-electron chi connectivity index (χ4n) is 2.89. The molecule has 0 aromatic carbocycles. The highest BCUT2D eigenvalue weighted by Gasteiger charge is 2.30. The summed E-state index contributed by atoms with van der Waals surface area (Å²) in [6, 6.07) is 0. The van der Waals surface area contributed by atoms with Crippen LogP contribution in [-0.4, -0.2) is 39.4 Å². The highest BCUT2D eigenvalue weighted by atomic mass is 28.4. The minimum Gasteiger partial charge on any atom is -0.500 e. The van der Waals surface area contributed by atoms with Gasteiger partial charge < -0.3 is 22.9 Å². The van der Waals surface area contributed by atoms with E-state index in [1.165, 1.54) is 77.0 Å². The van der Waals surface area contributed by atoms with Crippen molar-refractivity contribution in [3.8, 4) is 0 Å². The monoisotopic (exact) mass is 408 g/mol. The van der Waals surface area contributed by atoms with E-state index in [-0.39, 0.29) is 5.97 Å². The first-order valence-electron chi connectivity index (χ1n) is 10.4. The predicted molar refractivity (Wildman–Crippen MR) is 108 cm³/mol. The average molecular weight is 409 g/mol. The van der Waals surface area contributed by atoms with Gasteiger partial charge in [-0.25, -0.2) is 0 Å². The second-order valence-electron chi connectivity index (χ2n) is 7.05. The maximum absolute atomic E-state index is 11.4. The Labute approximate surface area is 162 Å². The molecule has 0 aliphatic rings. The van der Waals surface area contributed by atoms with E-state index in [2.05, 4.69) is 11.0 Å². The van der Waals surface area contributed by atoms with E-state index >= 15 is 0 Å². The van der Waals surface area contributed by atoms with Crippen LogP contribution in [0.25, 0.3) is 0 Å². The quantitative estimate of drug-likeness (QED) is 0.224. The van der Waals surface area contributed by atoms with Crippen LogP contribution in [0.3, 0.4) is 0 Å². The number of hydrogen-bond acceptors (Lipinski definition) is 6. The van der Waals surface area contributed by atoms with Gasteiger partial charge in [0.1, 0.15) is 0 Å². The summed E-state index contributed by atoms with van der Waals surface area (Å²) in [5, 5.41) is 0. The first kappa shape index (κ1) is 25.7. The molecule has 0 amide bonds. The van der Waals surface area contributed by atoms with Crippen LogP contribution in [0.5, 0.6) is 0 Å². The van der Waals surface area contributed by atoms with Crippen LogP contribution in [0.4, 0.5) is 0 Å². The third kappa shape index (κ3) is 21.8. The lowest BCUT2D eigenvalue weighted by Gasteiger charge is -2.10. The Hall–Kier alpha value is -0.256. The molecule has 0 fully saturated rings. The zero-order valence-electron chi connectivity index (χ0n) is 16.6. The van der Waals surface area contributed by atoms with Gasteiger partial charge in [-0.1, -0.05) is 96.8 Å². The van der Waals surface area contributed by atoms with E-state index in [1.54, 1.807) is 0 Å². The Kier molecular flexibility index (Phi) is 17.9. The lowest BCUT2D eigenvalue weighted by molar-refractivity contribution is -0.135. The van der Waals surface area contributed by atoms with Gasteiger partial charge in [-0.3, -0.25) is 4.79 Å². The van der Waals surface area contributed by atoms with Gasteiger partial charge in [0.05, 0.1) is 0 Å². The second-order valence-corrected chi connectivity index (χ2v) is 9.88. The van der Waals surface area contributed by atoms with Gasteiger partial charge in [-0.2, -0.15) is 0 Å². The largest absolute Gasteiger partial charge is 0.662 e. The summed E-state index contributed by atoms with van der Waals surface area (Å²) in [4.78, 5) is 37.2. The Morgan fingerprint density at radius 1 is 0.731 bits per heavy atom. The molecule has 8 heteroatoms. The van der Waals surface area contributed by atoms with Gasteiger partial charge >= 0.3 is 19.1 Å². The Balaban J connectivity index is 3.16. The van der Waals surface area contributed by atoms with Crippen LogP contribution in [0.1, 0.15) is 110 Å². The minimum absolute atomic E-state index is 0.325. The van der Waals surface area contributed by atoms with E-state index in [0.717, 1.165) is 19.3 Å². The first-order valence-corrected chi connectivity index (χ1v) is 13.3. The van der Waals surface area contributed by atoms with E-state index in [9.17, 15) is 4.79 Å². The molecular formula is C18H40O6Si2. The highest BCUT2D eigenvalue weighted by Crippen LogP contribution is 2.13. The summed E-state index contributed by atoms with van der Waals surface area (Å²) < 4.78 is 9.10. The zero-order valence-corrected chi connectivity index (χ0v) is 19.0. The fourth-order valence-corrected chi connectivity index (χ4v) is 4.03. The second kappa shape index (κ2) is 18.1. The van der Waals surface area contributed by atoms with Crippen LogP contribution in [-0.2, 0) is 13.3 Å². The van der Waals surface area contributed by atoms with Crippen molar-refractivity contribution in [3.63, 3.8) is 0 Å². The smallest absolute Gasteiger partial charge is 0.500 e. The molecule has 0 rings (SSSR count). The Bertz CT molecular complexity index is 323. The molecule has 0 aliphatic heterocycles. The van der Waals surface area contributed by atoms with Crippen LogP contribution in [0, 0.1) is 0 Å². The van der Waals surface area contributed by atoms with Crippen molar-refractivity contribution in [3.05, 3.63) is 0 Å². The summed E-state index contributed by atoms with van der Waals surface area (Å²) >= 11 is 0. The molecule has 3 N–H and O–H groups in total. The van der Waals surface area contributed by atoms with E-state index in [0.29, 0.717) is 6.42 Å². The standard InChI is InChI=1S/C18H40O6Si2/c1-2-3-4-5-6-7-8-9-10-11-12-13-14-15-16-17-18(19)23-25-24-26(20,21)22/h20-22H,2-17,25H2,1H3. The van der Waals surface area contributed by atoms with E-state index in [4.69, 9.17) is 18.8 Å². The van der Waals surface area contributed by atoms with Crippen molar-refractivity contribution >= 4 is 25.0 Å². The van der Waals surface area contributed by atoms with Gasteiger partial charge in [-0.05, 0) is 6.42 Å². The number of hydrogen-bond donors (Lipinski definition) is 3. The van der Waals surface area contributed by atoms with Crippen molar-refractivity contribution in [2.75, 3.05) is 0 Å². The molecule has 0 radical (unpaired) electrons. The van der Waals surface area contributed by atoms with E-state index < -0.39 is 19.1 Å². The average Bonchev–Trinajstić information content (AvgIpc) is 2.57. The van der Waals surface area contributed by atoms with Gasteiger partial charge in [-0.15, -0.1) is 0 Å². The van der Waals surface area contributed by atoms with Crippen molar-refractivity contribution in [1.29, 1.82) is 0 Å². The maximum Gasteiger partial charge on any atom is 0.662 e. The number of carbonyl (C=O) groups excluding carboxylic acids is 1. The third-order valence-corrected chi connectivity index (χ3v) is 6.92. The van der Waals surface area contributed by atoms with Gasteiger partial charge in [0.2, 0.25) is 0 Å². The third-order valence-electron chi connectivity index (χ3n) is 4.46. The van der Waals surface area contributed by atoms with Crippen LogP contribution in [0.2, 0.25) is 0 Å². The van der Waals surface area contributed by atoms with Gasteiger partial charge in [0.25, 0.3) is 5.97 Å². The van der Waals surface area contributed by atoms with E-state index in [1.807, 2.05) is 0 Å². The molecular weight excluding hydrogens is 368 g/mol. The molecule has 0 aliphatic carbocycles. The predicted octanol–water partition coefficient (Wildman–Crippen LogP) is 3.22. The number of rotatable bonds is 19. The fraction of sp³-hybridized carbons (Fsp3) is 0.944. The van der Waals surface area contributed by atoms with Crippen molar-refractivity contribution in [2.45, 2.75) is 110 Å². The molecule has 6 nitrogen and oxygen atoms in total. The lowest BCUT2D eigenvalue weighted by Crippen LogP contribution is -2.41. The number of carbonyl (C=O) groups is 1. The molecule has 0 saturated carbocycles. The Morgan fingerprint density at radius 2 is 1.12 bits per heavy atom. The summed E-state index contributed by atoms with van der Waals surface area (Å²) in [6.07, 6.45) is 19.5. The lowest BCUT2D eigenvalue weighted by atomic mass is 10.0. The van der Waals surface area contributed by atoms with Crippen molar-refractivity contribution in [1.82, 2.24) is 0 Å². The topological polar surface area (TPSA) is 96.2 Å². The zero-order chi connectivity index (χ0) is 19.5. The normalized spacial score (nSPS) is 12.2. The SMILES string of the molecule is CCCCCCCCCCCCCCCCCC(=O)O[SiH2]O[Si](O)(O)O. The van der Waals surface area contributed by atoms with Gasteiger partial charge in [0, 0.05) is 6.42 Å². The van der Waals surface area contributed by atoms with Crippen LogP contribution in [0.15, 0.2) is 0 Å². The summed E-state index contributed by atoms with van der Waals surface area (Å²) in [5.74, 6) is -0.385. The van der Waals surface area contributed by atoms with Crippen molar-refractivity contribution in [2.24, 2.45) is 0 Å². The summed E-state index contributed by atoms with van der Waals surface area (Å²) in [6.45, 7) is 2.26. The molecule has 0 saturated heterocycles. The van der Waals surface area contributed by atoms with Gasteiger partial charge in [0.15, 0.2) is 0 Å². The molecule has 26 heavy (non-hydrogen) atoms. The minimum atomic E-state index is -4.51. The molecule has 0 aromatic rings. The molecule has 0 aromatic heterocycles. The molecule has 0 spiro atoms. The molecule has 0 unspecified atom stereocenters. The Morgan fingerprint density at radius 3 is 1.50 bits per heavy atom. The first-order chi connectivity index (χ1) is 12.5. The maximum atomic E-state index is 11.4. The molecule has 0 bridgehead atoms. The molecule has 156 valence electrons.